The maximum Gasteiger partial charge on any atom is 0.0622 e. The zero-order valence-electron chi connectivity index (χ0n) is 28.9. The number of benzene rings is 3. The van der Waals surface area contributed by atoms with Crippen LogP contribution < -0.4 is 25.8 Å². The fraction of sp³-hybridized carbons (Fsp3) is 0.348. The fourth-order valence-electron chi connectivity index (χ4n) is 10.7. The van der Waals surface area contributed by atoms with Gasteiger partial charge in [0.05, 0.1) is 24.2 Å². The molecule has 48 heavy (non-hydrogen) atoms. The molecule has 3 aromatic rings. The molecule has 4 heterocycles. The molecule has 0 bridgehead atoms. The average molecular weight is 625 g/mol. The van der Waals surface area contributed by atoms with Gasteiger partial charge in [-0.3, -0.25) is 0 Å². The van der Waals surface area contributed by atoms with Gasteiger partial charge >= 0.3 is 0 Å². The molecule has 3 aromatic carbocycles. The number of hydrogen-bond acceptors (Lipinski definition) is 2. The summed E-state index contributed by atoms with van der Waals surface area (Å²) in [5.41, 5.74) is 12.4. The highest BCUT2D eigenvalue weighted by Gasteiger charge is 2.58. The van der Waals surface area contributed by atoms with Gasteiger partial charge in [-0.25, -0.2) is 0 Å². The standard InChI is InChI=1S/C46H44N2/c1-45(2,3)29-19-35-31-15-25-11-7-9-13-27(25)17-39(31)47-41-24-34-38-22-30(46(4,5)6)20-36-32-16-26-12-8-10-14-28(26)18-40(32)48(44(36)38)42(34)23-33(41)37(21-29)43(35)47/h7-24,31-33,38-41,44H,1-6H3. The Balaban J connectivity index is 1.14. The third-order valence-electron chi connectivity index (χ3n) is 13.0. The molecule has 0 spiro atoms. The lowest BCUT2D eigenvalue weighted by Crippen LogP contribution is -2.45. The van der Waals surface area contributed by atoms with Gasteiger partial charge in [0.15, 0.2) is 0 Å². The van der Waals surface area contributed by atoms with E-state index in [-0.39, 0.29) is 10.8 Å². The molecule has 0 saturated carbocycles. The zero-order chi connectivity index (χ0) is 32.4. The quantitative estimate of drug-likeness (QED) is 0.290. The summed E-state index contributed by atoms with van der Waals surface area (Å²) in [5.74, 6) is 1.54. The molecule has 2 nitrogen and oxygen atoms in total. The van der Waals surface area contributed by atoms with E-state index in [1.54, 1.807) is 16.7 Å². The van der Waals surface area contributed by atoms with Gasteiger partial charge in [-0.15, -0.1) is 0 Å². The largest absolute Gasteiger partial charge is 0.356 e. The second-order valence-electron chi connectivity index (χ2n) is 17.7. The van der Waals surface area contributed by atoms with E-state index in [0.717, 1.165) is 0 Å². The van der Waals surface area contributed by atoms with Gasteiger partial charge in [0.2, 0.25) is 0 Å². The van der Waals surface area contributed by atoms with Crippen LogP contribution in [0.3, 0.4) is 0 Å². The summed E-state index contributed by atoms with van der Waals surface area (Å²) < 4.78 is 0. The molecule has 8 aliphatic rings. The maximum atomic E-state index is 2.85. The molecule has 0 N–H and O–H groups in total. The molecule has 0 radical (unpaired) electrons. The molecule has 0 amide bonds. The van der Waals surface area contributed by atoms with Crippen LogP contribution in [-0.4, -0.2) is 29.1 Å². The number of allylic oxidation sites excluding steroid dienone is 3. The Bertz CT molecular complexity index is 2380. The Labute approximate surface area is 284 Å². The van der Waals surface area contributed by atoms with Crippen molar-refractivity contribution in [2.45, 2.75) is 83.0 Å². The summed E-state index contributed by atoms with van der Waals surface area (Å²) in [6, 6.07) is 24.6. The summed E-state index contributed by atoms with van der Waals surface area (Å²) in [4.78, 5) is 5.70. The van der Waals surface area contributed by atoms with Crippen LogP contribution in [0.2, 0.25) is 0 Å². The number of anilines is 1. The van der Waals surface area contributed by atoms with Gasteiger partial charge < -0.3 is 9.80 Å². The summed E-state index contributed by atoms with van der Waals surface area (Å²) in [6.07, 6.45) is 21.1. The number of hydrogen-bond donors (Lipinski definition) is 0. The Morgan fingerprint density at radius 1 is 0.521 bits per heavy atom. The van der Waals surface area contributed by atoms with Crippen molar-refractivity contribution in [3.63, 3.8) is 0 Å². The van der Waals surface area contributed by atoms with Crippen molar-refractivity contribution in [1.29, 1.82) is 0 Å². The topological polar surface area (TPSA) is 6.48 Å². The van der Waals surface area contributed by atoms with Gasteiger partial charge in [0, 0.05) is 35.1 Å². The molecular weight excluding hydrogens is 581 g/mol. The second-order valence-corrected chi connectivity index (χ2v) is 17.7. The smallest absolute Gasteiger partial charge is 0.0622 e. The first-order valence-electron chi connectivity index (χ1n) is 18.2. The van der Waals surface area contributed by atoms with Crippen LogP contribution >= 0.6 is 0 Å². The SMILES string of the molecule is CC(C)(C)C1=CC2C3=CC4C(C=C3N3C5C=c6ccccc6=CC5C(=C1)C23)c1cc(C(C)(C)C)cc2c1N4C1C=c3ccccc3=CC21. The molecule has 2 saturated heterocycles. The number of rotatable bonds is 0. The third kappa shape index (κ3) is 3.44. The van der Waals surface area contributed by atoms with E-state index in [1.807, 2.05) is 0 Å². The van der Waals surface area contributed by atoms with E-state index >= 15 is 0 Å². The molecule has 2 heteroatoms. The zero-order valence-corrected chi connectivity index (χ0v) is 28.9. The van der Waals surface area contributed by atoms with E-state index in [9.17, 15) is 0 Å². The van der Waals surface area contributed by atoms with Crippen molar-refractivity contribution in [2.24, 2.45) is 17.3 Å². The molecule has 0 aromatic heterocycles. The van der Waals surface area contributed by atoms with Crippen LogP contribution in [0.25, 0.3) is 24.3 Å². The average Bonchev–Trinajstić information content (AvgIpc) is 3.76. The highest BCUT2D eigenvalue weighted by Crippen LogP contribution is 2.62. The highest BCUT2D eigenvalue weighted by atomic mass is 15.3. The monoisotopic (exact) mass is 624 g/mol. The van der Waals surface area contributed by atoms with Crippen LogP contribution in [0.15, 0.2) is 107 Å². The molecule has 8 unspecified atom stereocenters. The normalized spacial score (nSPS) is 32.2. The summed E-state index contributed by atoms with van der Waals surface area (Å²) in [5, 5.41) is 5.53. The van der Waals surface area contributed by atoms with Gasteiger partial charge in [0.25, 0.3) is 0 Å². The Kier molecular flexibility index (Phi) is 5.08. The predicted octanol–water partition coefficient (Wildman–Crippen LogP) is 6.31. The minimum Gasteiger partial charge on any atom is -0.356 e. The Morgan fingerprint density at radius 2 is 1.06 bits per heavy atom. The minimum atomic E-state index is 0.0875. The van der Waals surface area contributed by atoms with Gasteiger partial charge in [-0.2, -0.15) is 0 Å². The molecule has 11 rings (SSSR count). The lowest BCUT2D eigenvalue weighted by atomic mass is 9.71. The Morgan fingerprint density at radius 3 is 1.67 bits per heavy atom. The highest BCUT2D eigenvalue weighted by molar-refractivity contribution is 5.83. The van der Waals surface area contributed by atoms with E-state index < -0.39 is 0 Å². The van der Waals surface area contributed by atoms with Crippen LogP contribution in [0.1, 0.15) is 70.1 Å². The first-order chi connectivity index (χ1) is 23.0. The molecule has 4 aliphatic heterocycles. The summed E-state index contributed by atoms with van der Waals surface area (Å²) in [6.45, 7) is 14.3. The van der Waals surface area contributed by atoms with Crippen molar-refractivity contribution >= 4 is 30.0 Å². The van der Waals surface area contributed by atoms with E-state index in [0.29, 0.717) is 47.8 Å². The lowest BCUT2D eigenvalue weighted by molar-refractivity contribution is 0.316. The first kappa shape index (κ1) is 27.6. The van der Waals surface area contributed by atoms with Crippen molar-refractivity contribution in [2.75, 3.05) is 4.90 Å². The summed E-state index contributed by atoms with van der Waals surface area (Å²) >= 11 is 0. The van der Waals surface area contributed by atoms with Crippen molar-refractivity contribution in [3.8, 4) is 0 Å². The van der Waals surface area contributed by atoms with E-state index in [2.05, 4.69) is 161 Å². The Hall–Kier alpha value is -4.30. The minimum absolute atomic E-state index is 0.0875. The molecule has 4 aliphatic carbocycles. The second kappa shape index (κ2) is 8.83. The van der Waals surface area contributed by atoms with Crippen LogP contribution in [0.5, 0.6) is 0 Å². The van der Waals surface area contributed by atoms with E-state index in [4.69, 9.17) is 0 Å². The van der Waals surface area contributed by atoms with Crippen LogP contribution in [-0.2, 0) is 5.41 Å². The van der Waals surface area contributed by atoms with E-state index in [1.165, 1.54) is 49.0 Å². The van der Waals surface area contributed by atoms with Crippen LogP contribution in [0, 0.1) is 17.3 Å². The van der Waals surface area contributed by atoms with Gasteiger partial charge in [-0.1, -0.05) is 151 Å². The molecule has 238 valence electrons. The van der Waals surface area contributed by atoms with Crippen molar-refractivity contribution in [3.05, 3.63) is 145 Å². The molecule has 2 fully saturated rings. The predicted molar refractivity (Wildman–Crippen MR) is 198 cm³/mol. The van der Waals surface area contributed by atoms with Crippen LogP contribution in [0.4, 0.5) is 5.69 Å². The van der Waals surface area contributed by atoms with Crippen molar-refractivity contribution < 1.29 is 0 Å². The molecular formula is C46H44N2. The maximum absolute atomic E-state index is 2.85. The van der Waals surface area contributed by atoms with Crippen molar-refractivity contribution in [1.82, 2.24) is 4.90 Å². The van der Waals surface area contributed by atoms with Gasteiger partial charge in [-0.05, 0) is 65.1 Å². The summed E-state index contributed by atoms with van der Waals surface area (Å²) in [7, 11) is 0. The number of nitrogens with zero attached hydrogens (tertiary/aromatic N) is 2. The first-order valence-corrected chi connectivity index (χ1v) is 18.2. The fourth-order valence-corrected chi connectivity index (χ4v) is 10.7. The molecule has 8 atom stereocenters. The van der Waals surface area contributed by atoms with Gasteiger partial charge in [0.1, 0.15) is 0 Å². The third-order valence-corrected chi connectivity index (χ3v) is 13.0. The lowest BCUT2D eigenvalue weighted by Gasteiger charge is -2.37. The number of fused-ring (bicyclic) bond motifs is 14.